The van der Waals surface area contributed by atoms with Gasteiger partial charge in [0.1, 0.15) is 5.76 Å². The summed E-state index contributed by atoms with van der Waals surface area (Å²) in [5, 5.41) is 0. The quantitative estimate of drug-likeness (QED) is 0.889. The average Bonchev–Trinajstić information content (AvgIpc) is 2.85. The van der Waals surface area contributed by atoms with E-state index in [1.165, 1.54) is 0 Å². The minimum atomic E-state index is 0.101. The Morgan fingerprint density at radius 2 is 2.16 bits per heavy atom. The molecule has 0 aliphatic carbocycles. The first-order chi connectivity index (χ1) is 9.11. The predicted molar refractivity (Wildman–Crippen MR) is 75.1 cm³/mol. The van der Waals surface area contributed by atoms with E-state index >= 15 is 0 Å². The highest BCUT2D eigenvalue weighted by molar-refractivity contribution is 5.93. The van der Waals surface area contributed by atoms with Gasteiger partial charge in [-0.2, -0.15) is 0 Å². The molecule has 2 heterocycles. The zero-order chi connectivity index (χ0) is 13.8. The molecular formula is C14H23N3O2. The lowest BCUT2D eigenvalue weighted by Crippen LogP contribution is -2.42. The van der Waals surface area contributed by atoms with Crippen LogP contribution in [0, 0.1) is 12.8 Å². The number of carbonyl (C=O) groups is 1. The highest BCUT2D eigenvalue weighted by Crippen LogP contribution is 2.23. The summed E-state index contributed by atoms with van der Waals surface area (Å²) in [5.74, 6) is 1.71. The summed E-state index contributed by atoms with van der Waals surface area (Å²) in [6.45, 7) is 5.41. The Balaban J connectivity index is 1.90. The number of hydrogen-bond donors (Lipinski definition) is 1. The normalized spacial score (nSPS) is 17.6. The van der Waals surface area contributed by atoms with Crippen molar-refractivity contribution in [3.63, 3.8) is 0 Å². The molecule has 1 aliphatic heterocycles. The van der Waals surface area contributed by atoms with Gasteiger partial charge >= 0.3 is 0 Å². The van der Waals surface area contributed by atoms with Crippen molar-refractivity contribution in [1.82, 2.24) is 4.90 Å². The molecule has 1 amide bonds. The molecule has 2 rings (SSSR count). The van der Waals surface area contributed by atoms with Gasteiger partial charge in [0.25, 0.3) is 0 Å². The minimum Gasteiger partial charge on any atom is -0.445 e. The summed E-state index contributed by atoms with van der Waals surface area (Å²) >= 11 is 0. The van der Waals surface area contributed by atoms with E-state index in [2.05, 4.69) is 4.90 Å². The second-order valence-electron chi connectivity index (χ2n) is 5.19. The molecular weight excluding hydrogens is 242 g/mol. The summed E-state index contributed by atoms with van der Waals surface area (Å²) in [5.41, 5.74) is 5.55. The Hall–Kier alpha value is -1.33. The van der Waals surface area contributed by atoms with Crippen molar-refractivity contribution in [3.8, 4) is 0 Å². The largest absolute Gasteiger partial charge is 0.445 e. The Morgan fingerprint density at radius 3 is 2.68 bits per heavy atom. The van der Waals surface area contributed by atoms with Crippen molar-refractivity contribution in [1.29, 1.82) is 0 Å². The van der Waals surface area contributed by atoms with Crippen LogP contribution in [-0.2, 0) is 4.79 Å². The topological polar surface area (TPSA) is 62.7 Å². The second kappa shape index (κ2) is 6.21. The Bertz CT molecular complexity index is 422. The van der Waals surface area contributed by atoms with Gasteiger partial charge in [-0.25, -0.2) is 0 Å². The summed E-state index contributed by atoms with van der Waals surface area (Å²) in [4.78, 5) is 16.4. The number of likely N-dealkylation sites (tertiary alicyclic amines) is 1. The van der Waals surface area contributed by atoms with Crippen molar-refractivity contribution in [2.45, 2.75) is 19.8 Å². The summed E-state index contributed by atoms with van der Waals surface area (Å²) < 4.78 is 5.50. The number of anilines is 1. The number of rotatable bonds is 4. The van der Waals surface area contributed by atoms with Crippen LogP contribution in [0.15, 0.2) is 16.5 Å². The van der Waals surface area contributed by atoms with E-state index in [1.807, 2.05) is 19.1 Å². The smallest absolute Gasteiger partial charge is 0.232 e. The highest BCUT2D eigenvalue weighted by atomic mass is 16.4. The van der Waals surface area contributed by atoms with Crippen LogP contribution in [0.2, 0.25) is 0 Å². The van der Waals surface area contributed by atoms with E-state index in [9.17, 15) is 4.79 Å². The number of furan rings is 1. The molecule has 1 aromatic rings. The number of amides is 1. The molecule has 0 unspecified atom stereocenters. The van der Waals surface area contributed by atoms with E-state index in [-0.39, 0.29) is 11.8 Å². The van der Waals surface area contributed by atoms with E-state index in [0.29, 0.717) is 12.4 Å². The van der Waals surface area contributed by atoms with Crippen molar-refractivity contribution in [2.24, 2.45) is 11.7 Å². The molecule has 0 radical (unpaired) electrons. The van der Waals surface area contributed by atoms with E-state index in [1.54, 1.807) is 11.9 Å². The molecule has 0 bridgehead atoms. The first-order valence-corrected chi connectivity index (χ1v) is 6.88. The highest BCUT2D eigenvalue weighted by Gasteiger charge is 2.28. The molecule has 0 spiro atoms. The summed E-state index contributed by atoms with van der Waals surface area (Å²) in [6.07, 6.45) is 1.81. The predicted octanol–water partition coefficient (Wildman–Crippen LogP) is 1.22. The summed E-state index contributed by atoms with van der Waals surface area (Å²) in [7, 11) is 1.78. The molecule has 5 nitrogen and oxygen atoms in total. The van der Waals surface area contributed by atoms with Gasteiger partial charge in [0, 0.05) is 32.1 Å². The maximum atomic E-state index is 12.4. The van der Waals surface area contributed by atoms with E-state index in [4.69, 9.17) is 10.2 Å². The van der Waals surface area contributed by atoms with Crippen LogP contribution in [0.25, 0.3) is 0 Å². The van der Waals surface area contributed by atoms with Crippen LogP contribution >= 0.6 is 0 Å². The van der Waals surface area contributed by atoms with Gasteiger partial charge < -0.3 is 15.1 Å². The zero-order valence-electron chi connectivity index (χ0n) is 11.8. The standard InChI is InChI=1S/C14H23N3O2/c1-11-3-4-13(19-11)16(2)14(18)12-5-8-17(9-6-12)10-7-15/h3-4,12H,5-10,15H2,1-2H3. The van der Waals surface area contributed by atoms with Crippen molar-refractivity contribution in [2.75, 3.05) is 38.1 Å². The molecule has 1 aromatic heterocycles. The summed E-state index contributed by atoms with van der Waals surface area (Å²) in [6, 6.07) is 3.72. The van der Waals surface area contributed by atoms with Crippen LogP contribution in [0.5, 0.6) is 0 Å². The van der Waals surface area contributed by atoms with Crippen LogP contribution in [0.3, 0.4) is 0 Å². The fourth-order valence-corrected chi connectivity index (χ4v) is 2.57. The van der Waals surface area contributed by atoms with Gasteiger partial charge in [-0.15, -0.1) is 0 Å². The van der Waals surface area contributed by atoms with Crippen LogP contribution < -0.4 is 10.6 Å². The van der Waals surface area contributed by atoms with E-state index < -0.39 is 0 Å². The lowest BCUT2D eigenvalue weighted by Gasteiger charge is -2.32. The number of aryl methyl sites for hydroxylation is 1. The maximum Gasteiger partial charge on any atom is 0.232 e. The van der Waals surface area contributed by atoms with Gasteiger partial charge in [-0.3, -0.25) is 9.69 Å². The van der Waals surface area contributed by atoms with Gasteiger partial charge in [-0.05, 0) is 38.9 Å². The first-order valence-electron chi connectivity index (χ1n) is 6.88. The number of hydrogen-bond acceptors (Lipinski definition) is 4. The Labute approximate surface area is 114 Å². The third-order valence-electron chi connectivity index (χ3n) is 3.77. The average molecular weight is 265 g/mol. The number of carbonyl (C=O) groups excluding carboxylic acids is 1. The minimum absolute atomic E-state index is 0.101. The third-order valence-corrected chi connectivity index (χ3v) is 3.77. The molecule has 1 saturated heterocycles. The van der Waals surface area contributed by atoms with Gasteiger partial charge in [0.2, 0.25) is 11.8 Å². The lowest BCUT2D eigenvalue weighted by atomic mass is 9.95. The fourth-order valence-electron chi connectivity index (χ4n) is 2.57. The van der Waals surface area contributed by atoms with Crippen molar-refractivity contribution in [3.05, 3.63) is 17.9 Å². The fraction of sp³-hybridized carbons (Fsp3) is 0.643. The molecule has 106 valence electrons. The number of nitrogens with zero attached hydrogens (tertiary/aromatic N) is 2. The molecule has 2 N–H and O–H groups in total. The van der Waals surface area contributed by atoms with Crippen LogP contribution in [0.4, 0.5) is 5.88 Å². The molecule has 5 heteroatoms. The maximum absolute atomic E-state index is 12.4. The van der Waals surface area contributed by atoms with Crippen molar-refractivity contribution < 1.29 is 9.21 Å². The SMILES string of the molecule is Cc1ccc(N(C)C(=O)C2CCN(CCN)CC2)o1. The second-order valence-corrected chi connectivity index (χ2v) is 5.19. The van der Waals surface area contributed by atoms with Gasteiger partial charge in [0.15, 0.2) is 0 Å². The van der Waals surface area contributed by atoms with Crippen LogP contribution in [-0.4, -0.2) is 44.0 Å². The molecule has 0 atom stereocenters. The van der Waals surface area contributed by atoms with Crippen molar-refractivity contribution >= 4 is 11.8 Å². The number of piperidine rings is 1. The molecule has 1 fully saturated rings. The van der Waals surface area contributed by atoms with Gasteiger partial charge in [-0.1, -0.05) is 0 Å². The monoisotopic (exact) mass is 265 g/mol. The first kappa shape index (κ1) is 14.1. The third kappa shape index (κ3) is 3.36. The number of nitrogens with two attached hydrogens (primary N) is 1. The molecule has 19 heavy (non-hydrogen) atoms. The lowest BCUT2D eigenvalue weighted by molar-refractivity contribution is -0.123. The molecule has 0 saturated carbocycles. The Morgan fingerprint density at radius 1 is 1.47 bits per heavy atom. The Kier molecular flexibility index (Phi) is 4.61. The zero-order valence-corrected chi connectivity index (χ0v) is 11.8. The molecule has 0 aromatic carbocycles. The van der Waals surface area contributed by atoms with E-state index in [0.717, 1.165) is 38.2 Å². The van der Waals surface area contributed by atoms with Crippen LogP contribution in [0.1, 0.15) is 18.6 Å². The van der Waals surface area contributed by atoms with Gasteiger partial charge in [0.05, 0.1) is 0 Å². The molecule has 1 aliphatic rings.